The molecule has 6 heteroatoms. The number of fused-ring (bicyclic) bond motifs is 5. The van der Waals surface area contributed by atoms with E-state index in [1.165, 1.54) is 27.0 Å². The minimum absolute atomic E-state index is 0.303. The predicted molar refractivity (Wildman–Crippen MR) is 115 cm³/mol. The average molecular weight is 401 g/mol. The first-order chi connectivity index (χ1) is 13.9. The molecule has 0 fully saturated rings. The summed E-state index contributed by atoms with van der Waals surface area (Å²) in [5.74, 6) is 0. The summed E-state index contributed by atoms with van der Waals surface area (Å²) in [5, 5.41) is 10.4. The van der Waals surface area contributed by atoms with Gasteiger partial charge in [0.05, 0.1) is 10.6 Å². The van der Waals surface area contributed by atoms with Crippen LogP contribution in [0.1, 0.15) is 32.1 Å². The van der Waals surface area contributed by atoms with Gasteiger partial charge in [-0.05, 0) is 23.1 Å². The number of rotatable bonds is 2. The summed E-state index contributed by atoms with van der Waals surface area (Å²) in [4.78, 5) is 7.17. The highest BCUT2D eigenvalue weighted by molar-refractivity contribution is 8.00. The zero-order chi connectivity index (χ0) is 18.5. The van der Waals surface area contributed by atoms with Crippen molar-refractivity contribution >= 4 is 39.0 Å². The van der Waals surface area contributed by atoms with Gasteiger partial charge in [0.2, 0.25) is 0 Å². The molecule has 1 aliphatic heterocycles. The highest BCUT2D eigenvalue weighted by Gasteiger charge is 2.34. The van der Waals surface area contributed by atoms with Gasteiger partial charge >= 0.3 is 0 Å². The van der Waals surface area contributed by atoms with Crippen LogP contribution in [0.15, 0.2) is 73.3 Å². The quantitative estimate of drug-likeness (QED) is 0.395. The van der Waals surface area contributed by atoms with Crippen molar-refractivity contribution in [1.82, 2.24) is 19.6 Å². The van der Waals surface area contributed by atoms with E-state index >= 15 is 0 Å². The predicted octanol–water partition coefficient (Wildman–Crippen LogP) is 5.46. The molecule has 0 aliphatic carbocycles. The monoisotopic (exact) mass is 400 g/mol. The third-order valence-electron chi connectivity index (χ3n) is 5.32. The molecule has 2 atom stereocenters. The lowest BCUT2D eigenvalue weighted by Gasteiger charge is -2.30. The van der Waals surface area contributed by atoms with Crippen molar-refractivity contribution < 1.29 is 0 Å². The van der Waals surface area contributed by atoms with Crippen LogP contribution in [-0.2, 0) is 6.42 Å². The van der Waals surface area contributed by atoms with Crippen LogP contribution in [0.25, 0.3) is 15.9 Å². The Morgan fingerprint density at radius 1 is 0.893 bits per heavy atom. The Kier molecular flexibility index (Phi) is 3.74. The molecule has 28 heavy (non-hydrogen) atoms. The molecular formula is C22H16N4S2. The molecule has 136 valence electrons. The molecule has 1 aliphatic rings. The zero-order valence-electron chi connectivity index (χ0n) is 14.9. The summed E-state index contributed by atoms with van der Waals surface area (Å²) < 4.78 is 1.92. The van der Waals surface area contributed by atoms with E-state index in [1.807, 2.05) is 22.5 Å². The van der Waals surface area contributed by atoms with Crippen molar-refractivity contribution in [2.75, 3.05) is 0 Å². The first-order valence-corrected chi connectivity index (χ1v) is 11.0. The molecule has 3 aromatic heterocycles. The fourth-order valence-corrected chi connectivity index (χ4v) is 6.98. The molecule has 0 N–H and O–H groups in total. The maximum Gasteiger partial charge on any atom is 0.172 e. The van der Waals surface area contributed by atoms with Crippen molar-refractivity contribution in [3.8, 4) is 0 Å². The van der Waals surface area contributed by atoms with Gasteiger partial charge < -0.3 is 0 Å². The third kappa shape index (κ3) is 2.48. The van der Waals surface area contributed by atoms with Crippen molar-refractivity contribution in [3.05, 3.63) is 94.9 Å². The summed E-state index contributed by atoms with van der Waals surface area (Å²) in [6.45, 7) is 0. The van der Waals surface area contributed by atoms with Gasteiger partial charge in [-0.15, -0.1) is 33.3 Å². The number of thiophene rings is 1. The molecule has 0 spiro atoms. The van der Waals surface area contributed by atoms with E-state index in [9.17, 15) is 0 Å². The number of thioether (sulfide) groups is 1. The molecule has 2 unspecified atom stereocenters. The van der Waals surface area contributed by atoms with Gasteiger partial charge in [0.1, 0.15) is 17.5 Å². The standard InChI is InChI=1S/C22H16N4S2/c1-3-7-14(8-4-1)17-11-16-18-21-25-24-13-26(21)12-23-22(18)28-20(16)19(27-17)15-9-5-2-6-10-15/h1-10,12-13,17,19H,11H2. The summed E-state index contributed by atoms with van der Waals surface area (Å²) in [6, 6.07) is 21.6. The minimum atomic E-state index is 0.303. The fourth-order valence-electron chi connectivity index (χ4n) is 4.01. The molecular weight excluding hydrogens is 384 g/mol. The summed E-state index contributed by atoms with van der Waals surface area (Å²) in [5.41, 5.74) is 5.01. The Labute approximate surface area is 170 Å². The van der Waals surface area contributed by atoms with Crippen molar-refractivity contribution in [2.45, 2.75) is 16.9 Å². The van der Waals surface area contributed by atoms with Gasteiger partial charge in [-0.25, -0.2) is 4.98 Å². The van der Waals surface area contributed by atoms with E-state index in [-0.39, 0.29) is 0 Å². The molecule has 6 rings (SSSR count). The molecule has 4 heterocycles. The van der Waals surface area contributed by atoms with Crippen molar-refractivity contribution in [1.29, 1.82) is 0 Å². The van der Waals surface area contributed by atoms with Gasteiger partial charge in [-0.3, -0.25) is 4.40 Å². The first-order valence-electron chi connectivity index (χ1n) is 9.23. The van der Waals surface area contributed by atoms with Gasteiger partial charge in [-0.2, -0.15) is 0 Å². The summed E-state index contributed by atoms with van der Waals surface area (Å²) in [7, 11) is 0. The number of hydrogen-bond acceptors (Lipinski definition) is 5. The van der Waals surface area contributed by atoms with Crippen LogP contribution in [0.5, 0.6) is 0 Å². The van der Waals surface area contributed by atoms with Crippen molar-refractivity contribution in [3.63, 3.8) is 0 Å². The number of nitrogens with zero attached hydrogens (tertiary/aromatic N) is 4. The second-order valence-corrected chi connectivity index (χ2v) is 9.30. The van der Waals surface area contributed by atoms with Crippen molar-refractivity contribution in [2.24, 2.45) is 0 Å². The second kappa shape index (κ2) is 6.43. The number of hydrogen-bond donors (Lipinski definition) is 0. The summed E-state index contributed by atoms with van der Waals surface area (Å²) in [6.07, 6.45) is 4.54. The molecule has 0 saturated heterocycles. The Morgan fingerprint density at radius 3 is 2.43 bits per heavy atom. The smallest absolute Gasteiger partial charge is 0.172 e. The van der Waals surface area contributed by atoms with Crippen LogP contribution < -0.4 is 0 Å². The van der Waals surface area contributed by atoms with E-state index in [0.717, 1.165) is 16.9 Å². The lowest BCUT2D eigenvalue weighted by Crippen LogP contribution is -2.11. The normalized spacial score (nSPS) is 19.1. The van der Waals surface area contributed by atoms with E-state index in [2.05, 4.69) is 70.9 Å². The highest BCUT2D eigenvalue weighted by atomic mass is 32.2. The Balaban J connectivity index is 1.60. The van der Waals surface area contributed by atoms with Gasteiger partial charge in [0.15, 0.2) is 5.65 Å². The fraction of sp³-hybridized carbons (Fsp3) is 0.136. The van der Waals surface area contributed by atoms with Crippen LogP contribution in [-0.4, -0.2) is 19.6 Å². The Bertz CT molecular complexity index is 1280. The van der Waals surface area contributed by atoms with E-state index < -0.39 is 0 Å². The van der Waals surface area contributed by atoms with Gasteiger partial charge in [-0.1, -0.05) is 60.7 Å². The van der Waals surface area contributed by atoms with Crippen LogP contribution in [0.3, 0.4) is 0 Å². The maximum atomic E-state index is 4.70. The largest absolute Gasteiger partial charge is 0.271 e. The van der Waals surface area contributed by atoms with E-state index in [0.29, 0.717) is 10.5 Å². The topological polar surface area (TPSA) is 43.1 Å². The lowest BCUT2D eigenvalue weighted by atomic mass is 9.98. The first kappa shape index (κ1) is 16.3. The molecule has 0 saturated carbocycles. The minimum Gasteiger partial charge on any atom is -0.271 e. The Hall–Kier alpha value is -2.70. The van der Waals surface area contributed by atoms with Crippen LogP contribution in [0.4, 0.5) is 0 Å². The summed E-state index contributed by atoms with van der Waals surface area (Å²) >= 11 is 3.85. The van der Waals surface area contributed by atoms with E-state index in [1.54, 1.807) is 17.7 Å². The molecule has 4 nitrogen and oxygen atoms in total. The molecule has 5 aromatic rings. The second-order valence-electron chi connectivity index (χ2n) is 6.96. The molecule has 0 radical (unpaired) electrons. The molecule has 2 aromatic carbocycles. The molecule has 0 amide bonds. The number of aromatic nitrogens is 4. The number of benzene rings is 2. The third-order valence-corrected chi connectivity index (χ3v) is 8.22. The van der Waals surface area contributed by atoms with Crippen LogP contribution >= 0.6 is 23.1 Å². The van der Waals surface area contributed by atoms with E-state index in [4.69, 9.17) is 4.98 Å². The Morgan fingerprint density at radius 2 is 1.64 bits per heavy atom. The van der Waals surface area contributed by atoms with Crippen LogP contribution in [0.2, 0.25) is 0 Å². The molecule has 0 bridgehead atoms. The van der Waals surface area contributed by atoms with Gasteiger partial charge in [0.25, 0.3) is 0 Å². The van der Waals surface area contributed by atoms with Crippen LogP contribution in [0, 0.1) is 0 Å². The average Bonchev–Trinajstić information content (AvgIpc) is 3.38. The SMILES string of the molecule is c1ccc(C2Cc3c(sc4ncn5cnnc5c34)C(c3ccccc3)S2)cc1. The zero-order valence-corrected chi connectivity index (χ0v) is 16.5. The maximum absolute atomic E-state index is 4.70. The lowest BCUT2D eigenvalue weighted by molar-refractivity contribution is 0.894. The highest BCUT2D eigenvalue weighted by Crippen LogP contribution is 2.55. The van der Waals surface area contributed by atoms with Gasteiger partial charge in [0, 0.05) is 10.1 Å².